The highest BCUT2D eigenvalue weighted by Gasteiger charge is 2.45. The molecule has 2 N–H and O–H groups in total. The summed E-state index contributed by atoms with van der Waals surface area (Å²) in [6.07, 6.45) is 6.10. The smallest absolute Gasteiger partial charge is 0.254 e. The van der Waals surface area contributed by atoms with Gasteiger partial charge in [-0.05, 0) is 24.6 Å². The summed E-state index contributed by atoms with van der Waals surface area (Å²) in [5.74, 6) is -0.232. The van der Waals surface area contributed by atoms with E-state index >= 15 is 0 Å². The number of aromatic nitrogens is 5. The van der Waals surface area contributed by atoms with Crippen LogP contribution in [0.3, 0.4) is 0 Å². The van der Waals surface area contributed by atoms with Crippen LogP contribution < -0.4 is 15.4 Å². The predicted molar refractivity (Wildman–Crippen MR) is 117 cm³/mol. The standard InChI is InChI=1S/C22H22N8O4/c1-22(21(33)26-19(31)16-8-25-16,17-11-30(28-27-17)18-9-23-5-6-24-18)12-29-10-13-3-4-14(34-2)7-15(13)20(29)32/h3-7,9,11,16,25H,8,10,12H2,1-2H3,(H,26,31,33)/t16?,22-/m1/s1. The Labute approximate surface area is 194 Å². The van der Waals surface area contributed by atoms with Crippen LogP contribution in [0.4, 0.5) is 0 Å². The van der Waals surface area contributed by atoms with Crippen LogP contribution in [0.15, 0.2) is 43.0 Å². The third kappa shape index (κ3) is 3.88. The second-order valence-corrected chi connectivity index (χ2v) is 8.41. The Morgan fingerprint density at radius 2 is 2.15 bits per heavy atom. The second kappa shape index (κ2) is 8.30. The third-order valence-electron chi connectivity index (χ3n) is 6.01. The van der Waals surface area contributed by atoms with Crippen molar-refractivity contribution in [2.45, 2.75) is 24.9 Å². The maximum Gasteiger partial charge on any atom is 0.254 e. The Morgan fingerprint density at radius 3 is 2.85 bits per heavy atom. The predicted octanol–water partition coefficient (Wildman–Crippen LogP) is -0.406. The van der Waals surface area contributed by atoms with Crippen LogP contribution >= 0.6 is 0 Å². The zero-order valence-electron chi connectivity index (χ0n) is 18.6. The number of benzene rings is 1. The van der Waals surface area contributed by atoms with Gasteiger partial charge in [0, 0.05) is 37.6 Å². The molecule has 34 heavy (non-hydrogen) atoms. The van der Waals surface area contributed by atoms with Gasteiger partial charge in [0.25, 0.3) is 5.91 Å². The Bertz CT molecular complexity index is 1270. The van der Waals surface area contributed by atoms with E-state index in [0.29, 0.717) is 30.2 Å². The van der Waals surface area contributed by atoms with Crippen LogP contribution in [-0.2, 0) is 21.5 Å². The van der Waals surface area contributed by atoms with Crippen LogP contribution in [0.5, 0.6) is 5.75 Å². The molecule has 0 radical (unpaired) electrons. The molecule has 1 unspecified atom stereocenters. The van der Waals surface area contributed by atoms with E-state index < -0.39 is 23.3 Å². The summed E-state index contributed by atoms with van der Waals surface area (Å²) in [4.78, 5) is 48.7. The second-order valence-electron chi connectivity index (χ2n) is 8.41. The van der Waals surface area contributed by atoms with Crippen LogP contribution in [-0.4, -0.2) is 73.8 Å². The van der Waals surface area contributed by atoms with Crippen molar-refractivity contribution >= 4 is 17.7 Å². The first-order valence-electron chi connectivity index (χ1n) is 10.6. The van der Waals surface area contributed by atoms with Gasteiger partial charge in [0.2, 0.25) is 11.8 Å². The van der Waals surface area contributed by atoms with Gasteiger partial charge in [-0.2, -0.15) is 0 Å². The first-order valence-corrected chi connectivity index (χ1v) is 10.6. The number of methoxy groups -OCH3 is 1. The van der Waals surface area contributed by atoms with Gasteiger partial charge in [-0.3, -0.25) is 24.7 Å². The first kappa shape index (κ1) is 21.6. The number of ether oxygens (including phenoxy) is 1. The molecule has 2 aliphatic rings. The SMILES string of the molecule is COc1ccc2c(c1)C(=O)N(C[C@@](C)(C(=O)NC(=O)C1CN1)c1cn(-c3cnccn3)nn1)C2. The van der Waals surface area contributed by atoms with Crippen molar-refractivity contribution in [2.24, 2.45) is 0 Å². The van der Waals surface area contributed by atoms with Gasteiger partial charge < -0.3 is 15.0 Å². The summed E-state index contributed by atoms with van der Waals surface area (Å²) in [5.41, 5.74) is 0.263. The highest BCUT2D eigenvalue weighted by molar-refractivity contribution is 6.04. The quantitative estimate of drug-likeness (QED) is 0.446. The van der Waals surface area contributed by atoms with Gasteiger partial charge in [-0.15, -0.1) is 5.10 Å². The van der Waals surface area contributed by atoms with Crippen LogP contribution in [0.2, 0.25) is 0 Å². The highest BCUT2D eigenvalue weighted by atomic mass is 16.5. The van der Waals surface area contributed by atoms with Gasteiger partial charge in [-0.1, -0.05) is 11.3 Å². The molecular formula is C22H22N8O4. The molecule has 2 aliphatic heterocycles. The van der Waals surface area contributed by atoms with E-state index in [9.17, 15) is 14.4 Å². The lowest BCUT2D eigenvalue weighted by molar-refractivity contribution is -0.133. The molecule has 3 amide bonds. The summed E-state index contributed by atoms with van der Waals surface area (Å²) < 4.78 is 6.63. The summed E-state index contributed by atoms with van der Waals surface area (Å²) in [6.45, 7) is 2.45. The lowest BCUT2D eigenvalue weighted by Gasteiger charge is -2.30. The van der Waals surface area contributed by atoms with Crippen LogP contribution in [0.25, 0.3) is 5.82 Å². The maximum absolute atomic E-state index is 13.4. The number of hydrogen-bond acceptors (Lipinski definition) is 9. The minimum absolute atomic E-state index is 0.0147. The van der Waals surface area contributed by atoms with E-state index in [1.54, 1.807) is 30.2 Å². The monoisotopic (exact) mass is 462 g/mol. The molecule has 0 saturated carbocycles. The molecule has 12 heteroatoms. The largest absolute Gasteiger partial charge is 0.497 e. The Hall–Kier alpha value is -4.19. The van der Waals surface area contributed by atoms with Crippen molar-refractivity contribution in [1.82, 2.24) is 40.5 Å². The van der Waals surface area contributed by atoms with Gasteiger partial charge in [0.15, 0.2) is 5.82 Å². The number of fused-ring (bicyclic) bond motifs is 1. The molecule has 4 heterocycles. The Morgan fingerprint density at radius 1 is 1.32 bits per heavy atom. The number of nitrogens with one attached hydrogen (secondary N) is 2. The van der Waals surface area contributed by atoms with Gasteiger partial charge in [0.05, 0.1) is 25.5 Å². The topological polar surface area (TPSA) is 154 Å². The molecule has 2 aromatic heterocycles. The Balaban J connectivity index is 1.46. The summed E-state index contributed by atoms with van der Waals surface area (Å²) in [5, 5.41) is 13.6. The fraction of sp³-hybridized carbons (Fsp3) is 0.318. The fourth-order valence-corrected chi connectivity index (χ4v) is 3.87. The summed E-state index contributed by atoms with van der Waals surface area (Å²) in [6, 6.07) is 4.90. The average molecular weight is 462 g/mol. The molecule has 12 nitrogen and oxygen atoms in total. The first-order chi connectivity index (χ1) is 16.4. The minimum Gasteiger partial charge on any atom is -0.497 e. The number of carbonyl (C=O) groups excluding carboxylic acids is 3. The molecule has 0 aliphatic carbocycles. The van der Waals surface area contributed by atoms with Crippen LogP contribution in [0, 0.1) is 0 Å². The molecule has 0 bridgehead atoms. The van der Waals surface area contributed by atoms with Crippen molar-refractivity contribution in [2.75, 3.05) is 20.2 Å². The van der Waals surface area contributed by atoms with Crippen molar-refractivity contribution in [3.8, 4) is 11.6 Å². The number of amides is 3. The maximum atomic E-state index is 13.4. The van der Waals surface area contributed by atoms with E-state index in [-0.39, 0.29) is 18.1 Å². The summed E-state index contributed by atoms with van der Waals surface area (Å²) >= 11 is 0. The van der Waals surface area contributed by atoms with Gasteiger partial charge in [0.1, 0.15) is 16.9 Å². The zero-order chi connectivity index (χ0) is 23.9. The van der Waals surface area contributed by atoms with Crippen molar-refractivity contribution in [1.29, 1.82) is 0 Å². The number of rotatable bonds is 7. The highest BCUT2D eigenvalue weighted by Crippen LogP contribution is 2.31. The number of nitrogens with zero attached hydrogens (tertiary/aromatic N) is 6. The third-order valence-corrected chi connectivity index (χ3v) is 6.01. The van der Waals surface area contributed by atoms with E-state index in [0.717, 1.165) is 5.56 Å². The lowest BCUT2D eigenvalue weighted by Crippen LogP contribution is -2.52. The molecule has 174 valence electrons. The molecule has 2 atom stereocenters. The number of hydrogen-bond donors (Lipinski definition) is 2. The van der Waals surface area contributed by atoms with Gasteiger partial charge in [-0.25, -0.2) is 9.67 Å². The molecule has 5 rings (SSSR count). The number of imide groups is 1. The normalized spacial score (nSPS) is 18.2. The fourth-order valence-electron chi connectivity index (χ4n) is 3.87. The van der Waals surface area contributed by atoms with E-state index in [1.165, 1.54) is 30.4 Å². The molecule has 1 fully saturated rings. The Kier molecular flexibility index (Phi) is 5.28. The average Bonchev–Trinajstić information content (AvgIpc) is 3.51. The van der Waals surface area contributed by atoms with Crippen molar-refractivity contribution < 1.29 is 19.1 Å². The molecule has 3 aromatic rings. The van der Waals surface area contributed by atoms with Crippen molar-refractivity contribution in [3.63, 3.8) is 0 Å². The molecular weight excluding hydrogens is 440 g/mol. The minimum atomic E-state index is -1.37. The number of carbonyl (C=O) groups is 3. The van der Waals surface area contributed by atoms with Crippen LogP contribution in [0.1, 0.15) is 28.5 Å². The van der Waals surface area contributed by atoms with E-state index in [1.807, 2.05) is 6.07 Å². The van der Waals surface area contributed by atoms with Gasteiger partial charge >= 0.3 is 0 Å². The zero-order valence-corrected chi connectivity index (χ0v) is 18.6. The van der Waals surface area contributed by atoms with E-state index in [2.05, 4.69) is 30.9 Å². The molecule has 0 spiro atoms. The lowest BCUT2D eigenvalue weighted by atomic mass is 9.85. The van der Waals surface area contributed by atoms with Crippen molar-refractivity contribution in [3.05, 3.63) is 59.8 Å². The molecule has 1 aromatic carbocycles. The van der Waals surface area contributed by atoms with E-state index in [4.69, 9.17) is 4.74 Å². The summed E-state index contributed by atoms with van der Waals surface area (Å²) in [7, 11) is 1.53. The molecule has 1 saturated heterocycles.